The highest BCUT2D eigenvalue weighted by Gasteiger charge is 2.57. The Morgan fingerprint density at radius 1 is 0.861 bits per heavy atom. The third-order valence-corrected chi connectivity index (χ3v) is 6.48. The standard InChI is InChI=1S/C29H27FO6/c1-29(34)16-23(31)25(27(32)35-17-19-8-4-2-5-9-19)24(21-12-14-22(30)15-13-21)26(29)28(33)36-18-20-10-6-3-7-11-20/h2-15,24-26,34H,16-18H2,1H3/t24-,25-,26-,29-/m0/s1. The summed E-state index contributed by atoms with van der Waals surface area (Å²) in [6.45, 7) is 1.28. The van der Waals surface area contributed by atoms with Gasteiger partial charge >= 0.3 is 11.9 Å². The highest BCUT2D eigenvalue weighted by atomic mass is 19.1. The van der Waals surface area contributed by atoms with Crippen molar-refractivity contribution >= 4 is 17.7 Å². The van der Waals surface area contributed by atoms with Gasteiger partial charge in [0.1, 0.15) is 24.9 Å². The molecule has 0 saturated heterocycles. The van der Waals surface area contributed by atoms with Gasteiger partial charge in [0.25, 0.3) is 0 Å². The Balaban J connectivity index is 1.66. The Kier molecular flexibility index (Phi) is 7.60. The van der Waals surface area contributed by atoms with Crippen LogP contribution in [0.2, 0.25) is 0 Å². The Morgan fingerprint density at radius 2 is 1.36 bits per heavy atom. The third kappa shape index (κ3) is 5.69. The predicted octanol–water partition coefficient (Wildman–Crippen LogP) is 4.35. The van der Waals surface area contributed by atoms with Gasteiger partial charge < -0.3 is 14.6 Å². The van der Waals surface area contributed by atoms with Crippen LogP contribution in [0.15, 0.2) is 84.9 Å². The molecule has 0 spiro atoms. The zero-order valence-corrected chi connectivity index (χ0v) is 19.8. The van der Waals surface area contributed by atoms with Crippen LogP contribution in [0, 0.1) is 17.7 Å². The molecule has 0 aromatic heterocycles. The van der Waals surface area contributed by atoms with E-state index in [1.54, 1.807) is 48.5 Å². The van der Waals surface area contributed by atoms with Crippen LogP contribution in [0.3, 0.4) is 0 Å². The number of halogens is 1. The summed E-state index contributed by atoms with van der Waals surface area (Å²) in [6.07, 6.45) is -0.430. The maximum absolute atomic E-state index is 13.7. The van der Waals surface area contributed by atoms with Gasteiger partial charge in [0, 0.05) is 12.3 Å². The number of ether oxygens (including phenoxy) is 2. The second-order valence-corrected chi connectivity index (χ2v) is 9.22. The van der Waals surface area contributed by atoms with E-state index in [1.165, 1.54) is 31.2 Å². The van der Waals surface area contributed by atoms with Crippen LogP contribution in [0.1, 0.15) is 36.0 Å². The Hall–Kier alpha value is -3.84. The number of carbonyl (C=O) groups is 3. The molecule has 186 valence electrons. The van der Waals surface area contributed by atoms with E-state index in [2.05, 4.69) is 0 Å². The van der Waals surface area contributed by atoms with E-state index in [0.717, 1.165) is 11.1 Å². The summed E-state index contributed by atoms with van der Waals surface area (Å²) in [6, 6.07) is 23.2. The monoisotopic (exact) mass is 490 g/mol. The van der Waals surface area contributed by atoms with Crippen LogP contribution in [0.25, 0.3) is 0 Å². The zero-order valence-electron chi connectivity index (χ0n) is 19.8. The number of rotatable bonds is 7. The summed E-state index contributed by atoms with van der Waals surface area (Å²) >= 11 is 0. The third-order valence-electron chi connectivity index (χ3n) is 6.48. The summed E-state index contributed by atoms with van der Waals surface area (Å²) in [4.78, 5) is 39.8. The number of ketones is 1. The molecule has 1 aliphatic carbocycles. The van der Waals surface area contributed by atoms with Gasteiger partial charge in [0.15, 0.2) is 5.78 Å². The summed E-state index contributed by atoms with van der Waals surface area (Å²) in [7, 11) is 0. The van der Waals surface area contributed by atoms with Crippen LogP contribution in [0.4, 0.5) is 4.39 Å². The maximum atomic E-state index is 13.7. The fourth-order valence-electron chi connectivity index (χ4n) is 4.74. The van der Waals surface area contributed by atoms with E-state index in [4.69, 9.17) is 9.47 Å². The minimum absolute atomic E-state index is 0.0422. The fourth-order valence-corrected chi connectivity index (χ4v) is 4.74. The summed E-state index contributed by atoms with van der Waals surface area (Å²) in [5.41, 5.74) is 0.0426. The van der Waals surface area contributed by atoms with Gasteiger partial charge in [-0.05, 0) is 35.7 Å². The Morgan fingerprint density at radius 3 is 1.89 bits per heavy atom. The topological polar surface area (TPSA) is 89.9 Å². The Labute approximate surface area is 208 Å². The lowest BCUT2D eigenvalue weighted by atomic mass is 9.61. The first-order valence-electron chi connectivity index (χ1n) is 11.7. The molecule has 0 amide bonds. The van der Waals surface area contributed by atoms with Gasteiger partial charge in [0.2, 0.25) is 0 Å². The van der Waals surface area contributed by atoms with E-state index in [-0.39, 0.29) is 13.2 Å². The maximum Gasteiger partial charge on any atom is 0.317 e. The lowest BCUT2D eigenvalue weighted by molar-refractivity contribution is -0.174. The number of esters is 2. The molecule has 1 N–H and O–H groups in total. The summed E-state index contributed by atoms with van der Waals surface area (Å²) in [5.74, 6) is -6.37. The number of aliphatic hydroxyl groups is 1. The smallest absolute Gasteiger partial charge is 0.317 e. The van der Waals surface area contributed by atoms with E-state index in [0.29, 0.717) is 5.56 Å². The molecule has 0 heterocycles. The fraction of sp³-hybridized carbons (Fsp3) is 0.276. The number of hydrogen-bond acceptors (Lipinski definition) is 6. The molecule has 4 rings (SSSR count). The van der Waals surface area contributed by atoms with Gasteiger partial charge in [-0.15, -0.1) is 0 Å². The lowest BCUT2D eigenvalue weighted by Gasteiger charge is -2.43. The van der Waals surface area contributed by atoms with Crippen LogP contribution in [-0.2, 0) is 37.1 Å². The quantitative estimate of drug-likeness (QED) is 0.391. The van der Waals surface area contributed by atoms with Gasteiger partial charge in [-0.2, -0.15) is 0 Å². The van der Waals surface area contributed by atoms with Crippen LogP contribution in [-0.4, -0.2) is 28.4 Å². The molecule has 1 aliphatic rings. The molecular weight excluding hydrogens is 463 g/mol. The molecule has 0 unspecified atom stereocenters. The first kappa shape index (κ1) is 25.3. The van der Waals surface area contributed by atoms with Crippen molar-refractivity contribution in [3.8, 4) is 0 Å². The van der Waals surface area contributed by atoms with Gasteiger partial charge in [-0.25, -0.2) is 4.39 Å². The average molecular weight is 491 g/mol. The first-order chi connectivity index (χ1) is 17.3. The van der Waals surface area contributed by atoms with Crippen LogP contribution < -0.4 is 0 Å². The number of carbonyl (C=O) groups excluding carboxylic acids is 3. The zero-order chi connectivity index (χ0) is 25.7. The van der Waals surface area contributed by atoms with Crippen molar-refractivity contribution in [2.45, 2.75) is 38.1 Å². The summed E-state index contributed by atoms with van der Waals surface area (Å²) in [5, 5.41) is 11.2. The van der Waals surface area contributed by atoms with E-state index in [9.17, 15) is 23.9 Å². The molecule has 7 heteroatoms. The van der Waals surface area contributed by atoms with Crippen LogP contribution >= 0.6 is 0 Å². The van der Waals surface area contributed by atoms with Crippen molar-refractivity contribution < 1.29 is 33.4 Å². The second-order valence-electron chi connectivity index (χ2n) is 9.22. The Bertz CT molecular complexity index is 1210. The highest BCUT2D eigenvalue weighted by molar-refractivity contribution is 6.02. The van der Waals surface area contributed by atoms with Crippen molar-refractivity contribution in [1.29, 1.82) is 0 Å². The van der Waals surface area contributed by atoms with E-state index < -0.39 is 53.3 Å². The predicted molar refractivity (Wildman–Crippen MR) is 129 cm³/mol. The molecular formula is C29H27FO6. The molecule has 1 fully saturated rings. The van der Waals surface area contributed by atoms with Crippen LogP contribution in [0.5, 0.6) is 0 Å². The van der Waals surface area contributed by atoms with E-state index in [1.807, 2.05) is 12.1 Å². The van der Waals surface area contributed by atoms with Gasteiger partial charge in [-0.1, -0.05) is 72.8 Å². The van der Waals surface area contributed by atoms with Crippen molar-refractivity contribution in [3.63, 3.8) is 0 Å². The average Bonchev–Trinajstić information content (AvgIpc) is 2.86. The molecule has 3 aromatic carbocycles. The summed E-state index contributed by atoms with van der Waals surface area (Å²) < 4.78 is 24.7. The largest absolute Gasteiger partial charge is 0.461 e. The van der Waals surface area contributed by atoms with Crippen molar-refractivity contribution in [1.82, 2.24) is 0 Å². The lowest BCUT2D eigenvalue weighted by Crippen LogP contribution is -2.55. The van der Waals surface area contributed by atoms with Gasteiger partial charge in [-0.3, -0.25) is 14.4 Å². The molecule has 36 heavy (non-hydrogen) atoms. The first-order valence-corrected chi connectivity index (χ1v) is 11.7. The minimum atomic E-state index is -1.79. The van der Waals surface area contributed by atoms with Crippen molar-refractivity contribution in [3.05, 3.63) is 107 Å². The normalized spacial score (nSPS) is 23.6. The second kappa shape index (κ2) is 10.8. The number of Topliss-reactive ketones (excluding diaryl/α,β-unsaturated/α-hetero) is 1. The van der Waals surface area contributed by atoms with Crippen molar-refractivity contribution in [2.75, 3.05) is 0 Å². The minimum Gasteiger partial charge on any atom is -0.461 e. The highest BCUT2D eigenvalue weighted by Crippen LogP contribution is 2.47. The van der Waals surface area contributed by atoms with E-state index >= 15 is 0 Å². The van der Waals surface area contributed by atoms with Crippen molar-refractivity contribution in [2.24, 2.45) is 11.8 Å². The molecule has 0 aliphatic heterocycles. The number of hydrogen-bond donors (Lipinski definition) is 1. The molecule has 0 bridgehead atoms. The van der Waals surface area contributed by atoms with Gasteiger partial charge in [0.05, 0.1) is 11.5 Å². The molecule has 3 aromatic rings. The molecule has 1 saturated carbocycles. The molecule has 4 atom stereocenters. The molecule has 0 radical (unpaired) electrons. The molecule has 6 nitrogen and oxygen atoms in total. The number of benzene rings is 3. The SMILES string of the molecule is C[C@]1(O)CC(=O)[C@H](C(=O)OCc2ccccc2)[C@H](c2ccc(F)cc2)[C@H]1C(=O)OCc1ccccc1.